The van der Waals surface area contributed by atoms with E-state index in [9.17, 15) is 0 Å². The number of halogens is 1. The van der Waals surface area contributed by atoms with Gasteiger partial charge in [0.2, 0.25) is 0 Å². The number of nitrogens with zero attached hydrogens (tertiary/aromatic N) is 1. The maximum absolute atomic E-state index is 5.56. The summed E-state index contributed by atoms with van der Waals surface area (Å²) in [5, 5.41) is 8.26. The molecule has 2 rings (SSSR count). The lowest BCUT2D eigenvalue weighted by molar-refractivity contribution is 1.06. The van der Waals surface area contributed by atoms with Crippen molar-refractivity contribution < 1.29 is 0 Å². The zero-order chi connectivity index (χ0) is 9.42. The number of benzene rings is 1. The third-order valence-electron chi connectivity index (χ3n) is 2.08. The Balaban J connectivity index is 2.79. The molecule has 0 aliphatic rings. The Morgan fingerprint density at radius 1 is 1.54 bits per heavy atom. The molecule has 13 heavy (non-hydrogen) atoms. The van der Waals surface area contributed by atoms with Gasteiger partial charge >= 0.3 is 0 Å². The standard InChI is InChI=1S/C9H10BrN3/c1-5-9-7(10)2-6(4-11)3-8(9)13-12-5/h2-3H,4,11H2,1H3,(H,12,13). The van der Waals surface area contributed by atoms with E-state index in [4.69, 9.17) is 5.73 Å². The van der Waals surface area contributed by atoms with Crippen LogP contribution in [0.2, 0.25) is 0 Å². The number of aryl methyl sites for hydroxylation is 1. The lowest BCUT2D eigenvalue weighted by Crippen LogP contribution is -1.95. The summed E-state index contributed by atoms with van der Waals surface area (Å²) in [6, 6.07) is 4.04. The van der Waals surface area contributed by atoms with E-state index in [1.54, 1.807) is 0 Å². The van der Waals surface area contributed by atoms with Crippen molar-refractivity contribution in [3.05, 3.63) is 27.9 Å². The molecule has 0 radical (unpaired) electrons. The lowest BCUT2D eigenvalue weighted by Gasteiger charge is -1.99. The number of hydrogen-bond acceptors (Lipinski definition) is 2. The van der Waals surface area contributed by atoms with Crippen LogP contribution in [0.3, 0.4) is 0 Å². The first kappa shape index (κ1) is 8.72. The molecule has 0 saturated heterocycles. The van der Waals surface area contributed by atoms with Crippen LogP contribution in [0.4, 0.5) is 0 Å². The predicted octanol–water partition coefficient (Wildman–Crippen LogP) is 2.09. The second-order valence-electron chi connectivity index (χ2n) is 3.02. The van der Waals surface area contributed by atoms with Crippen LogP contribution in [0.5, 0.6) is 0 Å². The van der Waals surface area contributed by atoms with E-state index in [0.717, 1.165) is 26.6 Å². The molecular weight excluding hydrogens is 230 g/mol. The quantitative estimate of drug-likeness (QED) is 0.801. The Bertz CT molecular complexity index is 447. The maximum atomic E-state index is 5.56. The van der Waals surface area contributed by atoms with E-state index in [1.807, 2.05) is 19.1 Å². The molecule has 2 aromatic rings. The first-order valence-corrected chi connectivity index (χ1v) is 4.85. The normalized spacial score (nSPS) is 11.0. The van der Waals surface area contributed by atoms with Gasteiger partial charge in [-0.1, -0.05) is 15.9 Å². The topological polar surface area (TPSA) is 54.7 Å². The van der Waals surface area contributed by atoms with Crippen molar-refractivity contribution in [1.82, 2.24) is 10.2 Å². The summed E-state index contributed by atoms with van der Waals surface area (Å²) < 4.78 is 1.05. The van der Waals surface area contributed by atoms with Gasteiger partial charge in [-0.3, -0.25) is 5.10 Å². The summed E-state index contributed by atoms with van der Waals surface area (Å²) in [7, 11) is 0. The Morgan fingerprint density at radius 2 is 2.31 bits per heavy atom. The number of hydrogen-bond donors (Lipinski definition) is 2. The van der Waals surface area contributed by atoms with Gasteiger partial charge in [0.05, 0.1) is 5.52 Å². The zero-order valence-corrected chi connectivity index (χ0v) is 8.85. The van der Waals surface area contributed by atoms with Gasteiger partial charge < -0.3 is 5.73 Å². The molecule has 3 N–H and O–H groups in total. The van der Waals surface area contributed by atoms with E-state index < -0.39 is 0 Å². The van der Waals surface area contributed by atoms with Crippen molar-refractivity contribution in [3.63, 3.8) is 0 Å². The number of rotatable bonds is 1. The predicted molar refractivity (Wildman–Crippen MR) is 56.4 cm³/mol. The molecule has 0 fully saturated rings. The molecule has 0 aliphatic carbocycles. The van der Waals surface area contributed by atoms with Crippen LogP contribution < -0.4 is 5.73 Å². The van der Waals surface area contributed by atoms with Crippen LogP contribution >= 0.6 is 15.9 Å². The molecule has 4 heteroatoms. The Morgan fingerprint density at radius 3 is 3.00 bits per heavy atom. The summed E-state index contributed by atoms with van der Waals surface area (Å²) in [6.07, 6.45) is 0. The van der Waals surface area contributed by atoms with Crippen molar-refractivity contribution in [2.45, 2.75) is 13.5 Å². The Labute approximate surface area is 84.4 Å². The number of aromatic amines is 1. The molecule has 0 spiro atoms. The number of nitrogens with two attached hydrogens (primary N) is 1. The molecule has 0 unspecified atom stereocenters. The van der Waals surface area contributed by atoms with Gasteiger partial charge in [-0.15, -0.1) is 0 Å². The van der Waals surface area contributed by atoms with Crippen molar-refractivity contribution in [2.24, 2.45) is 5.73 Å². The Kier molecular flexibility index (Phi) is 2.09. The second kappa shape index (κ2) is 3.12. The van der Waals surface area contributed by atoms with Gasteiger partial charge in [-0.25, -0.2) is 0 Å². The number of fused-ring (bicyclic) bond motifs is 1. The van der Waals surface area contributed by atoms with Gasteiger partial charge in [0.1, 0.15) is 0 Å². The fraction of sp³-hybridized carbons (Fsp3) is 0.222. The smallest absolute Gasteiger partial charge is 0.0938 e. The SMILES string of the molecule is Cc1[nH]nc2cc(CN)cc(Br)c12. The third kappa shape index (κ3) is 1.36. The van der Waals surface area contributed by atoms with Crippen LogP contribution in [0.1, 0.15) is 11.3 Å². The highest BCUT2D eigenvalue weighted by Gasteiger charge is 2.06. The fourth-order valence-corrected chi connectivity index (χ4v) is 2.22. The average molecular weight is 240 g/mol. The first-order valence-electron chi connectivity index (χ1n) is 4.05. The zero-order valence-electron chi connectivity index (χ0n) is 7.26. The monoisotopic (exact) mass is 239 g/mol. The lowest BCUT2D eigenvalue weighted by atomic mass is 10.1. The van der Waals surface area contributed by atoms with E-state index in [0.29, 0.717) is 6.54 Å². The molecule has 1 aromatic carbocycles. The van der Waals surface area contributed by atoms with Crippen molar-refractivity contribution in [1.29, 1.82) is 0 Å². The average Bonchev–Trinajstić information content (AvgIpc) is 2.48. The number of aromatic nitrogens is 2. The van der Waals surface area contributed by atoms with E-state index >= 15 is 0 Å². The third-order valence-corrected chi connectivity index (χ3v) is 2.71. The van der Waals surface area contributed by atoms with E-state index in [-0.39, 0.29) is 0 Å². The van der Waals surface area contributed by atoms with Crippen molar-refractivity contribution >= 4 is 26.8 Å². The molecule has 0 amide bonds. The van der Waals surface area contributed by atoms with Gasteiger partial charge in [0.25, 0.3) is 0 Å². The molecular formula is C9H10BrN3. The maximum Gasteiger partial charge on any atom is 0.0938 e. The van der Waals surface area contributed by atoms with Crippen LogP contribution in [0, 0.1) is 6.92 Å². The molecule has 0 atom stereocenters. The highest BCUT2D eigenvalue weighted by Crippen LogP contribution is 2.26. The summed E-state index contributed by atoms with van der Waals surface area (Å²) in [6.45, 7) is 2.54. The molecule has 68 valence electrons. The number of nitrogens with one attached hydrogen (secondary N) is 1. The minimum Gasteiger partial charge on any atom is -0.326 e. The van der Waals surface area contributed by atoms with Crippen molar-refractivity contribution in [3.8, 4) is 0 Å². The molecule has 0 bridgehead atoms. The molecule has 0 aliphatic heterocycles. The molecule has 3 nitrogen and oxygen atoms in total. The molecule has 0 saturated carbocycles. The summed E-state index contributed by atoms with van der Waals surface area (Å²) in [4.78, 5) is 0. The number of H-pyrrole nitrogens is 1. The highest BCUT2D eigenvalue weighted by molar-refractivity contribution is 9.10. The van der Waals surface area contributed by atoms with E-state index in [2.05, 4.69) is 26.1 Å². The highest BCUT2D eigenvalue weighted by atomic mass is 79.9. The first-order chi connectivity index (χ1) is 6.22. The summed E-state index contributed by atoms with van der Waals surface area (Å²) in [5.41, 5.74) is 8.69. The van der Waals surface area contributed by atoms with Crippen LogP contribution in [-0.4, -0.2) is 10.2 Å². The van der Waals surface area contributed by atoms with Crippen LogP contribution in [0.25, 0.3) is 10.9 Å². The van der Waals surface area contributed by atoms with Crippen molar-refractivity contribution in [2.75, 3.05) is 0 Å². The summed E-state index contributed by atoms with van der Waals surface area (Å²) in [5.74, 6) is 0. The fourth-order valence-electron chi connectivity index (χ4n) is 1.42. The van der Waals surface area contributed by atoms with Crippen LogP contribution in [-0.2, 0) is 6.54 Å². The van der Waals surface area contributed by atoms with Gasteiger partial charge in [-0.2, -0.15) is 5.10 Å². The second-order valence-corrected chi connectivity index (χ2v) is 3.88. The minimum atomic E-state index is 0.542. The molecule has 1 heterocycles. The Hall–Kier alpha value is -0.870. The van der Waals surface area contributed by atoms with Gasteiger partial charge in [-0.05, 0) is 24.6 Å². The van der Waals surface area contributed by atoms with Gasteiger partial charge in [0, 0.05) is 22.1 Å². The minimum absolute atomic E-state index is 0.542. The largest absolute Gasteiger partial charge is 0.326 e. The molecule has 1 aromatic heterocycles. The summed E-state index contributed by atoms with van der Waals surface area (Å²) >= 11 is 3.50. The van der Waals surface area contributed by atoms with Gasteiger partial charge in [0.15, 0.2) is 0 Å². The van der Waals surface area contributed by atoms with Crippen LogP contribution in [0.15, 0.2) is 16.6 Å². The van der Waals surface area contributed by atoms with E-state index in [1.165, 1.54) is 0 Å².